The van der Waals surface area contributed by atoms with Crippen LogP contribution in [-0.4, -0.2) is 34.0 Å². The molecule has 0 radical (unpaired) electrons. The first-order valence-corrected chi connectivity index (χ1v) is 9.27. The highest BCUT2D eigenvalue weighted by atomic mass is 16.5. The molecule has 3 heterocycles. The number of carbonyl (C=O) groups is 1. The van der Waals surface area contributed by atoms with Crippen molar-refractivity contribution in [3.05, 3.63) is 23.0 Å². The van der Waals surface area contributed by atoms with E-state index >= 15 is 0 Å². The molecule has 0 N–H and O–H groups in total. The first-order valence-electron chi connectivity index (χ1n) is 9.27. The number of hydrogen-bond donors (Lipinski definition) is 0. The van der Waals surface area contributed by atoms with Gasteiger partial charge in [-0.2, -0.15) is 0 Å². The maximum Gasteiger partial charge on any atom is 0.259 e. The predicted octanol–water partition coefficient (Wildman–Crippen LogP) is 3.67. The minimum Gasteiger partial charge on any atom is -0.338 e. The first-order chi connectivity index (χ1) is 11.7. The summed E-state index contributed by atoms with van der Waals surface area (Å²) in [6.45, 7) is 3.72. The fourth-order valence-corrected chi connectivity index (χ4v) is 4.61. The summed E-state index contributed by atoms with van der Waals surface area (Å²) in [4.78, 5) is 19.9. The third kappa shape index (κ3) is 2.25. The molecule has 2 saturated carbocycles. The van der Waals surface area contributed by atoms with Gasteiger partial charge in [-0.1, -0.05) is 18.0 Å². The van der Waals surface area contributed by atoms with Crippen LogP contribution in [0.5, 0.6) is 0 Å². The van der Waals surface area contributed by atoms with Crippen molar-refractivity contribution < 1.29 is 9.32 Å². The second-order valence-electron chi connectivity index (χ2n) is 7.83. The summed E-state index contributed by atoms with van der Waals surface area (Å²) in [6, 6.07) is 2.01. The van der Waals surface area contributed by atoms with Crippen LogP contribution >= 0.6 is 0 Å². The van der Waals surface area contributed by atoms with Gasteiger partial charge in [0.25, 0.3) is 11.6 Å². The molecule has 5 nitrogen and oxygen atoms in total. The Morgan fingerprint density at radius 2 is 1.88 bits per heavy atom. The number of nitrogens with zero attached hydrogens (tertiary/aromatic N) is 3. The van der Waals surface area contributed by atoms with Crippen molar-refractivity contribution in [2.45, 2.75) is 51.4 Å². The largest absolute Gasteiger partial charge is 0.338 e. The lowest BCUT2D eigenvalue weighted by molar-refractivity contribution is 0.0785. The van der Waals surface area contributed by atoms with Crippen LogP contribution in [0.1, 0.15) is 66.2 Å². The van der Waals surface area contributed by atoms with E-state index in [1.165, 1.54) is 25.7 Å². The van der Waals surface area contributed by atoms with Gasteiger partial charge >= 0.3 is 0 Å². The lowest BCUT2D eigenvalue weighted by atomic mass is 9.82. The quantitative estimate of drug-likeness (QED) is 0.845. The number of carbonyl (C=O) groups excluding carboxylic acids is 1. The molecule has 1 amide bonds. The van der Waals surface area contributed by atoms with Crippen molar-refractivity contribution in [3.63, 3.8) is 0 Å². The molecule has 0 aromatic carbocycles. The summed E-state index contributed by atoms with van der Waals surface area (Å²) in [7, 11) is 0. The third-order valence-electron chi connectivity index (χ3n) is 6.13. The van der Waals surface area contributed by atoms with E-state index in [0.29, 0.717) is 23.5 Å². The fraction of sp³-hybridized carbons (Fsp3) is 0.632. The Morgan fingerprint density at radius 1 is 1.17 bits per heavy atom. The van der Waals surface area contributed by atoms with Crippen LogP contribution in [0.4, 0.5) is 0 Å². The van der Waals surface area contributed by atoms with Gasteiger partial charge in [0, 0.05) is 24.7 Å². The number of aromatic nitrogens is 2. The summed E-state index contributed by atoms with van der Waals surface area (Å²) in [5, 5.41) is 4.86. The molecular formula is C19H23N3O2. The molecule has 3 fully saturated rings. The van der Waals surface area contributed by atoms with Crippen molar-refractivity contribution in [1.29, 1.82) is 0 Å². The van der Waals surface area contributed by atoms with Crippen molar-refractivity contribution in [2.24, 2.45) is 11.8 Å². The molecule has 24 heavy (non-hydrogen) atoms. The Bertz CT molecular complexity index is 794. The van der Waals surface area contributed by atoms with Gasteiger partial charge in [0.05, 0.1) is 16.6 Å². The van der Waals surface area contributed by atoms with Crippen LogP contribution in [0.3, 0.4) is 0 Å². The Labute approximate surface area is 141 Å². The molecule has 0 unspecified atom stereocenters. The molecule has 2 aromatic heterocycles. The highest BCUT2D eigenvalue weighted by Crippen LogP contribution is 2.41. The normalized spacial score (nSPS) is 26.8. The van der Waals surface area contributed by atoms with Crippen LogP contribution in [-0.2, 0) is 0 Å². The first kappa shape index (κ1) is 14.4. The second-order valence-corrected chi connectivity index (χ2v) is 7.83. The van der Waals surface area contributed by atoms with Gasteiger partial charge in [0.2, 0.25) is 0 Å². The Balaban J connectivity index is 1.53. The zero-order valence-corrected chi connectivity index (χ0v) is 14.1. The number of amides is 1. The van der Waals surface area contributed by atoms with Crippen LogP contribution < -0.4 is 0 Å². The zero-order chi connectivity index (χ0) is 16.3. The summed E-state index contributed by atoms with van der Waals surface area (Å²) >= 11 is 0. The maximum atomic E-state index is 13.3. The predicted molar refractivity (Wildman–Crippen MR) is 89.9 cm³/mol. The average molecular weight is 325 g/mol. The van der Waals surface area contributed by atoms with E-state index in [4.69, 9.17) is 4.52 Å². The standard InChI is InChI=1S/C19H23N3O2/c1-11-17-15(8-16(12-6-7-12)20-18(17)24-21-11)19(23)22-9-13-4-2-3-5-14(13)10-22/h8,12-14H,2-7,9-10H2,1H3/t13-,14+. The Hall–Kier alpha value is -1.91. The Kier molecular flexibility index (Phi) is 3.19. The van der Waals surface area contributed by atoms with E-state index in [9.17, 15) is 4.79 Å². The number of pyridine rings is 1. The van der Waals surface area contributed by atoms with Gasteiger partial charge in [0.15, 0.2) is 0 Å². The molecule has 2 aliphatic carbocycles. The monoisotopic (exact) mass is 325 g/mol. The van der Waals surface area contributed by atoms with Crippen molar-refractivity contribution in [2.75, 3.05) is 13.1 Å². The van der Waals surface area contributed by atoms with E-state index in [0.717, 1.165) is 48.3 Å². The van der Waals surface area contributed by atoms with E-state index in [-0.39, 0.29) is 5.91 Å². The summed E-state index contributed by atoms with van der Waals surface area (Å²) < 4.78 is 5.38. The van der Waals surface area contributed by atoms with Gasteiger partial charge in [-0.3, -0.25) is 4.79 Å². The highest BCUT2D eigenvalue weighted by molar-refractivity contribution is 6.06. The number of likely N-dealkylation sites (tertiary alicyclic amines) is 1. The van der Waals surface area contributed by atoms with Crippen molar-refractivity contribution in [1.82, 2.24) is 15.0 Å². The maximum absolute atomic E-state index is 13.3. The second kappa shape index (κ2) is 5.30. The lowest BCUT2D eigenvalue weighted by Crippen LogP contribution is -2.29. The van der Waals surface area contributed by atoms with Crippen LogP contribution in [0, 0.1) is 18.8 Å². The lowest BCUT2D eigenvalue weighted by Gasteiger charge is -2.22. The molecule has 126 valence electrons. The van der Waals surface area contributed by atoms with Crippen LogP contribution in [0.15, 0.2) is 10.6 Å². The van der Waals surface area contributed by atoms with Gasteiger partial charge < -0.3 is 9.42 Å². The number of fused-ring (bicyclic) bond motifs is 2. The minimum atomic E-state index is 0.144. The third-order valence-corrected chi connectivity index (χ3v) is 6.13. The summed E-state index contributed by atoms with van der Waals surface area (Å²) in [5.74, 6) is 2.04. The molecule has 0 spiro atoms. The van der Waals surface area contributed by atoms with Gasteiger partial charge in [-0.25, -0.2) is 4.98 Å². The molecule has 1 saturated heterocycles. The van der Waals surface area contributed by atoms with Gasteiger partial charge in [-0.05, 0) is 50.5 Å². The summed E-state index contributed by atoms with van der Waals surface area (Å²) in [5.41, 5.74) is 3.04. The van der Waals surface area contributed by atoms with Gasteiger partial charge in [0.1, 0.15) is 0 Å². The molecule has 5 heteroatoms. The zero-order valence-electron chi connectivity index (χ0n) is 14.1. The molecule has 2 atom stereocenters. The van der Waals surface area contributed by atoms with Gasteiger partial charge in [-0.15, -0.1) is 0 Å². The van der Waals surface area contributed by atoms with Crippen molar-refractivity contribution >= 4 is 17.0 Å². The fourth-order valence-electron chi connectivity index (χ4n) is 4.61. The molecule has 1 aliphatic heterocycles. The average Bonchev–Trinajstić information content (AvgIpc) is 3.26. The van der Waals surface area contributed by atoms with E-state index < -0.39 is 0 Å². The molecular weight excluding hydrogens is 302 g/mol. The molecule has 3 aliphatic rings. The molecule has 5 rings (SSSR count). The van der Waals surface area contributed by atoms with E-state index in [2.05, 4.69) is 15.0 Å². The van der Waals surface area contributed by atoms with Crippen molar-refractivity contribution in [3.8, 4) is 0 Å². The Morgan fingerprint density at radius 3 is 2.54 bits per heavy atom. The molecule has 2 aromatic rings. The number of rotatable bonds is 2. The topological polar surface area (TPSA) is 59.2 Å². The van der Waals surface area contributed by atoms with E-state index in [1.807, 2.05) is 13.0 Å². The van der Waals surface area contributed by atoms with E-state index in [1.54, 1.807) is 0 Å². The number of hydrogen-bond acceptors (Lipinski definition) is 4. The SMILES string of the molecule is Cc1noc2nc(C3CC3)cc(C(=O)N3C[C@H]4CCCC[C@H]4C3)c12. The number of aryl methyl sites for hydroxylation is 1. The smallest absolute Gasteiger partial charge is 0.259 e. The van der Waals surface area contributed by atoms with Crippen LogP contribution in [0.25, 0.3) is 11.1 Å². The summed E-state index contributed by atoms with van der Waals surface area (Å²) in [6.07, 6.45) is 7.51. The minimum absolute atomic E-state index is 0.144. The molecule has 0 bridgehead atoms. The van der Waals surface area contributed by atoms with Crippen LogP contribution in [0.2, 0.25) is 0 Å². The highest BCUT2D eigenvalue weighted by Gasteiger charge is 2.38.